The second-order valence-electron chi connectivity index (χ2n) is 6.04. The molecule has 0 fully saturated rings. The van der Waals surface area contributed by atoms with Crippen molar-refractivity contribution in [2.75, 3.05) is 6.54 Å². The van der Waals surface area contributed by atoms with Gasteiger partial charge >= 0.3 is 6.09 Å². The standard InChI is InChI=1S/C14H27N3O5/c1-5-6-7-8-11(9-17(21)10-18)12(19)15-16-13(20)22-14(2,3)4/h10-11,21H,5-9H2,1-4H3,(H,15,19)(H,16,20)/t11-/m1/s1. The van der Waals surface area contributed by atoms with E-state index in [-0.39, 0.29) is 13.0 Å². The van der Waals surface area contributed by atoms with Crippen LogP contribution in [0.1, 0.15) is 53.4 Å². The maximum absolute atomic E-state index is 12.0. The third-order valence-electron chi connectivity index (χ3n) is 2.74. The summed E-state index contributed by atoms with van der Waals surface area (Å²) in [5.41, 5.74) is 3.72. The number of carbonyl (C=O) groups excluding carboxylic acids is 3. The topological polar surface area (TPSA) is 108 Å². The molecule has 8 nitrogen and oxygen atoms in total. The van der Waals surface area contributed by atoms with Crippen molar-refractivity contribution in [2.24, 2.45) is 5.92 Å². The van der Waals surface area contributed by atoms with Gasteiger partial charge in [-0.3, -0.25) is 20.2 Å². The molecule has 0 unspecified atom stereocenters. The van der Waals surface area contributed by atoms with Gasteiger partial charge in [-0.1, -0.05) is 26.2 Å². The highest BCUT2D eigenvalue weighted by Crippen LogP contribution is 2.11. The number of carbonyl (C=O) groups is 3. The van der Waals surface area contributed by atoms with E-state index in [1.54, 1.807) is 20.8 Å². The fraction of sp³-hybridized carbons (Fsp3) is 0.786. The maximum Gasteiger partial charge on any atom is 0.426 e. The van der Waals surface area contributed by atoms with Gasteiger partial charge in [-0.05, 0) is 27.2 Å². The predicted molar refractivity (Wildman–Crippen MR) is 79.7 cm³/mol. The number of amides is 3. The van der Waals surface area contributed by atoms with Crippen LogP contribution in [0, 0.1) is 5.92 Å². The molecular formula is C14H27N3O5. The fourth-order valence-corrected chi connectivity index (χ4v) is 1.73. The Kier molecular flexibility index (Phi) is 9.16. The molecule has 0 saturated carbocycles. The summed E-state index contributed by atoms with van der Waals surface area (Å²) in [5, 5.41) is 9.66. The molecule has 0 aromatic carbocycles. The van der Waals surface area contributed by atoms with Crippen molar-refractivity contribution in [2.45, 2.75) is 59.0 Å². The van der Waals surface area contributed by atoms with Crippen LogP contribution in [0.2, 0.25) is 0 Å². The molecule has 0 aromatic heterocycles. The van der Waals surface area contributed by atoms with Crippen LogP contribution in [0.3, 0.4) is 0 Å². The van der Waals surface area contributed by atoms with Crippen molar-refractivity contribution < 1.29 is 24.3 Å². The quantitative estimate of drug-likeness (QED) is 0.273. The fourth-order valence-electron chi connectivity index (χ4n) is 1.73. The van der Waals surface area contributed by atoms with Gasteiger partial charge in [-0.2, -0.15) is 0 Å². The lowest BCUT2D eigenvalue weighted by Gasteiger charge is -2.22. The van der Waals surface area contributed by atoms with Gasteiger partial charge in [0.1, 0.15) is 5.60 Å². The summed E-state index contributed by atoms with van der Waals surface area (Å²) < 4.78 is 4.99. The van der Waals surface area contributed by atoms with Gasteiger partial charge in [-0.15, -0.1) is 0 Å². The molecule has 0 spiro atoms. The lowest BCUT2D eigenvalue weighted by Crippen LogP contribution is -2.48. The van der Waals surface area contributed by atoms with E-state index in [9.17, 15) is 19.6 Å². The van der Waals surface area contributed by atoms with E-state index >= 15 is 0 Å². The van der Waals surface area contributed by atoms with E-state index in [4.69, 9.17) is 4.74 Å². The SMILES string of the molecule is CCCCC[C@H](CN(O)C=O)C(=O)NNC(=O)OC(C)(C)C. The Labute approximate surface area is 131 Å². The van der Waals surface area contributed by atoms with Crippen molar-refractivity contribution >= 4 is 18.4 Å². The highest BCUT2D eigenvalue weighted by atomic mass is 16.6. The van der Waals surface area contributed by atoms with E-state index in [2.05, 4.69) is 10.9 Å². The monoisotopic (exact) mass is 317 g/mol. The van der Waals surface area contributed by atoms with Gasteiger partial charge in [-0.25, -0.2) is 15.3 Å². The average Bonchev–Trinajstić information content (AvgIpc) is 2.41. The first kappa shape index (κ1) is 20.2. The number of hydrogen-bond acceptors (Lipinski definition) is 5. The zero-order valence-corrected chi connectivity index (χ0v) is 13.7. The Hall–Kier alpha value is -1.83. The van der Waals surface area contributed by atoms with E-state index in [0.717, 1.165) is 19.3 Å². The number of nitrogens with zero attached hydrogens (tertiary/aromatic N) is 1. The summed E-state index contributed by atoms with van der Waals surface area (Å²) in [6, 6.07) is 0. The Morgan fingerprint density at radius 1 is 1.27 bits per heavy atom. The molecule has 3 N–H and O–H groups in total. The maximum atomic E-state index is 12.0. The second-order valence-corrected chi connectivity index (χ2v) is 6.04. The summed E-state index contributed by atoms with van der Waals surface area (Å²) in [5.74, 6) is -1.10. The smallest absolute Gasteiger partial charge is 0.426 e. The lowest BCUT2D eigenvalue weighted by atomic mass is 10.0. The number of rotatable bonds is 8. The number of hydrogen-bond donors (Lipinski definition) is 3. The van der Waals surface area contributed by atoms with Crippen molar-refractivity contribution in [3.63, 3.8) is 0 Å². The Balaban J connectivity index is 4.41. The van der Waals surface area contributed by atoms with E-state index in [1.807, 2.05) is 6.92 Å². The number of unbranched alkanes of at least 4 members (excludes halogenated alkanes) is 2. The Morgan fingerprint density at radius 3 is 2.41 bits per heavy atom. The van der Waals surface area contributed by atoms with Crippen molar-refractivity contribution in [1.29, 1.82) is 0 Å². The van der Waals surface area contributed by atoms with Gasteiger partial charge in [0.05, 0.1) is 12.5 Å². The highest BCUT2D eigenvalue weighted by Gasteiger charge is 2.22. The third kappa shape index (κ3) is 9.98. The molecule has 0 aliphatic carbocycles. The van der Waals surface area contributed by atoms with Crippen LogP contribution in [0.25, 0.3) is 0 Å². The number of nitrogens with one attached hydrogen (secondary N) is 2. The number of ether oxygens (including phenoxy) is 1. The minimum absolute atomic E-state index is 0.130. The summed E-state index contributed by atoms with van der Waals surface area (Å²) in [4.78, 5) is 34.0. The number of hydroxylamine groups is 2. The van der Waals surface area contributed by atoms with Crippen molar-refractivity contribution in [3.8, 4) is 0 Å². The molecule has 0 rings (SSSR count). The third-order valence-corrected chi connectivity index (χ3v) is 2.74. The minimum atomic E-state index is -0.774. The largest absolute Gasteiger partial charge is 0.443 e. The molecular weight excluding hydrogens is 290 g/mol. The van der Waals surface area contributed by atoms with Crippen LogP contribution in [-0.4, -0.2) is 40.8 Å². The number of hydrazine groups is 1. The molecule has 0 aliphatic rings. The molecule has 0 saturated heterocycles. The first-order valence-corrected chi connectivity index (χ1v) is 7.39. The summed E-state index contributed by atoms with van der Waals surface area (Å²) in [6.07, 6.45) is 2.68. The molecule has 0 heterocycles. The summed E-state index contributed by atoms with van der Waals surface area (Å²) in [7, 11) is 0. The van der Waals surface area contributed by atoms with Gasteiger partial charge < -0.3 is 4.74 Å². The van der Waals surface area contributed by atoms with E-state index in [1.165, 1.54) is 0 Å². The van der Waals surface area contributed by atoms with Gasteiger partial charge in [0.15, 0.2) is 0 Å². The lowest BCUT2D eigenvalue weighted by molar-refractivity contribution is -0.154. The molecule has 22 heavy (non-hydrogen) atoms. The van der Waals surface area contributed by atoms with Gasteiger partial charge in [0.2, 0.25) is 12.3 Å². The molecule has 3 amide bonds. The van der Waals surface area contributed by atoms with Crippen molar-refractivity contribution in [1.82, 2.24) is 15.9 Å². The molecule has 0 aliphatic heterocycles. The van der Waals surface area contributed by atoms with Crippen LogP contribution >= 0.6 is 0 Å². The van der Waals surface area contributed by atoms with Crippen LogP contribution < -0.4 is 10.9 Å². The first-order chi connectivity index (χ1) is 10.2. The highest BCUT2D eigenvalue weighted by molar-refractivity contribution is 5.81. The van der Waals surface area contributed by atoms with Crippen molar-refractivity contribution in [3.05, 3.63) is 0 Å². The molecule has 0 radical (unpaired) electrons. The zero-order valence-electron chi connectivity index (χ0n) is 13.7. The van der Waals surface area contributed by atoms with Gasteiger partial charge in [0, 0.05) is 0 Å². The first-order valence-electron chi connectivity index (χ1n) is 7.39. The van der Waals surface area contributed by atoms with Crippen LogP contribution in [0.4, 0.5) is 4.79 Å². The summed E-state index contributed by atoms with van der Waals surface area (Å²) in [6.45, 7) is 7.01. The van der Waals surface area contributed by atoms with E-state index in [0.29, 0.717) is 11.5 Å². The van der Waals surface area contributed by atoms with E-state index < -0.39 is 23.5 Å². The minimum Gasteiger partial charge on any atom is -0.443 e. The Bertz CT molecular complexity index is 368. The molecule has 1 atom stereocenters. The van der Waals surface area contributed by atoms with Crippen LogP contribution in [-0.2, 0) is 14.3 Å². The molecule has 0 bridgehead atoms. The average molecular weight is 317 g/mol. The molecule has 8 heteroatoms. The summed E-state index contributed by atoms with van der Waals surface area (Å²) >= 11 is 0. The molecule has 128 valence electrons. The van der Waals surface area contributed by atoms with Crippen LogP contribution in [0.15, 0.2) is 0 Å². The molecule has 0 aromatic rings. The zero-order chi connectivity index (χ0) is 17.2. The normalized spacial score (nSPS) is 12.2. The predicted octanol–water partition coefficient (Wildman–Crippen LogP) is 1.59. The Morgan fingerprint density at radius 2 is 1.91 bits per heavy atom. The second kappa shape index (κ2) is 9.99. The van der Waals surface area contributed by atoms with Gasteiger partial charge in [0.25, 0.3) is 0 Å². The van der Waals surface area contributed by atoms with Crippen LogP contribution in [0.5, 0.6) is 0 Å².